The van der Waals surface area contributed by atoms with E-state index >= 15 is 0 Å². The largest absolute Gasteiger partial charge is 0.309 e. The summed E-state index contributed by atoms with van der Waals surface area (Å²) in [6, 6.07) is 6.13. The van der Waals surface area contributed by atoms with Gasteiger partial charge in [-0.25, -0.2) is 9.37 Å². The second-order valence-corrected chi connectivity index (χ2v) is 4.47. The van der Waals surface area contributed by atoms with Crippen molar-refractivity contribution >= 4 is 22.6 Å². The van der Waals surface area contributed by atoms with Crippen LogP contribution in [0, 0.1) is 9.39 Å². The highest BCUT2D eigenvalue weighted by Crippen LogP contribution is 2.06. The first-order chi connectivity index (χ1) is 7.65. The molecule has 0 unspecified atom stereocenters. The maximum absolute atomic E-state index is 12.7. The summed E-state index contributed by atoms with van der Waals surface area (Å²) in [5.41, 5.74) is 0.762. The lowest BCUT2D eigenvalue weighted by Gasteiger charge is -2.01. The minimum Gasteiger partial charge on any atom is -0.309 e. The van der Waals surface area contributed by atoms with E-state index in [-0.39, 0.29) is 11.4 Å². The first-order valence-corrected chi connectivity index (χ1v) is 5.71. The Kier molecular flexibility index (Phi) is 3.33. The van der Waals surface area contributed by atoms with Crippen molar-refractivity contribution in [2.45, 2.75) is 6.42 Å². The van der Waals surface area contributed by atoms with Crippen molar-refractivity contribution in [3.05, 3.63) is 61.6 Å². The summed E-state index contributed by atoms with van der Waals surface area (Å²) in [5.74, 6) is 0.310. The zero-order valence-electron chi connectivity index (χ0n) is 8.21. The van der Waals surface area contributed by atoms with Gasteiger partial charge in [0.1, 0.15) is 11.6 Å². The Morgan fingerprint density at radius 2 is 2.00 bits per heavy atom. The summed E-state index contributed by atoms with van der Waals surface area (Å²) < 4.78 is 13.2. The lowest BCUT2D eigenvalue weighted by Crippen LogP contribution is -2.13. The van der Waals surface area contributed by atoms with Crippen LogP contribution in [0.2, 0.25) is 0 Å². The van der Waals surface area contributed by atoms with E-state index < -0.39 is 0 Å². The lowest BCUT2D eigenvalue weighted by atomic mass is 10.1. The Labute approximate surface area is 105 Å². The Bertz CT molecular complexity index is 551. The third-order valence-electron chi connectivity index (χ3n) is 2.09. The van der Waals surface area contributed by atoms with E-state index in [1.807, 2.05) is 22.6 Å². The summed E-state index contributed by atoms with van der Waals surface area (Å²) in [5, 5.41) is 0. The van der Waals surface area contributed by atoms with Crippen molar-refractivity contribution in [1.29, 1.82) is 0 Å². The first-order valence-electron chi connectivity index (χ1n) is 4.63. The molecule has 0 aliphatic rings. The van der Waals surface area contributed by atoms with Crippen LogP contribution in [-0.2, 0) is 6.42 Å². The standard InChI is InChI=1S/C11H8FIN2O/c12-8-3-1-7(2-4-8)5-10-14-6-9(13)11(16)15-10/h1-4,6H,5H2,(H,14,15,16). The zero-order valence-corrected chi connectivity index (χ0v) is 10.4. The van der Waals surface area contributed by atoms with Gasteiger partial charge >= 0.3 is 0 Å². The molecule has 0 radical (unpaired) electrons. The molecule has 0 aliphatic carbocycles. The van der Waals surface area contributed by atoms with E-state index in [4.69, 9.17) is 0 Å². The Morgan fingerprint density at radius 1 is 1.31 bits per heavy atom. The third kappa shape index (κ3) is 2.66. The summed E-state index contributed by atoms with van der Waals surface area (Å²) in [7, 11) is 0. The number of hydrogen-bond donors (Lipinski definition) is 1. The number of halogens is 2. The van der Waals surface area contributed by atoms with Crippen molar-refractivity contribution in [3.63, 3.8) is 0 Å². The van der Waals surface area contributed by atoms with E-state index in [0.717, 1.165) is 5.56 Å². The van der Waals surface area contributed by atoms with Crippen LogP contribution in [0.5, 0.6) is 0 Å². The van der Waals surface area contributed by atoms with Crippen LogP contribution in [0.1, 0.15) is 11.4 Å². The van der Waals surface area contributed by atoms with Crippen molar-refractivity contribution in [2.24, 2.45) is 0 Å². The molecule has 0 amide bonds. The number of aromatic amines is 1. The molecular weight excluding hydrogens is 322 g/mol. The molecule has 82 valence electrons. The van der Waals surface area contributed by atoms with Crippen molar-refractivity contribution in [2.75, 3.05) is 0 Å². The van der Waals surface area contributed by atoms with Crippen LogP contribution < -0.4 is 5.56 Å². The first kappa shape index (κ1) is 11.3. The molecule has 16 heavy (non-hydrogen) atoms. The normalized spacial score (nSPS) is 10.4. The molecule has 0 aliphatic heterocycles. The smallest absolute Gasteiger partial charge is 0.264 e. The van der Waals surface area contributed by atoms with Gasteiger partial charge in [-0.15, -0.1) is 0 Å². The quantitative estimate of drug-likeness (QED) is 0.858. The monoisotopic (exact) mass is 330 g/mol. The number of benzene rings is 1. The number of hydrogen-bond acceptors (Lipinski definition) is 2. The predicted molar refractivity (Wildman–Crippen MR) is 66.8 cm³/mol. The van der Waals surface area contributed by atoms with Crippen LogP contribution in [0.4, 0.5) is 4.39 Å². The molecule has 0 bridgehead atoms. The van der Waals surface area contributed by atoms with Gasteiger partial charge in [-0.05, 0) is 40.3 Å². The fourth-order valence-corrected chi connectivity index (χ4v) is 1.58. The zero-order chi connectivity index (χ0) is 11.5. The summed E-state index contributed by atoms with van der Waals surface area (Å²) in [6.45, 7) is 0. The van der Waals surface area contributed by atoms with Gasteiger partial charge in [0.25, 0.3) is 5.56 Å². The summed E-state index contributed by atoms with van der Waals surface area (Å²) >= 11 is 1.92. The molecule has 2 aromatic rings. The highest BCUT2D eigenvalue weighted by Gasteiger charge is 2.01. The highest BCUT2D eigenvalue weighted by atomic mass is 127. The van der Waals surface area contributed by atoms with E-state index in [2.05, 4.69) is 9.97 Å². The van der Waals surface area contributed by atoms with E-state index in [0.29, 0.717) is 15.8 Å². The molecule has 1 aromatic carbocycles. The van der Waals surface area contributed by atoms with Gasteiger partial charge < -0.3 is 4.98 Å². The maximum atomic E-state index is 12.7. The third-order valence-corrected chi connectivity index (χ3v) is 2.86. The minimum atomic E-state index is -0.271. The van der Waals surface area contributed by atoms with Crippen LogP contribution in [0.3, 0.4) is 0 Å². The van der Waals surface area contributed by atoms with Crippen molar-refractivity contribution in [1.82, 2.24) is 9.97 Å². The van der Waals surface area contributed by atoms with Gasteiger partial charge in [-0.2, -0.15) is 0 Å². The lowest BCUT2D eigenvalue weighted by molar-refractivity contribution is 0.627. The molecule has 2 rings (SSSR count). The molecule has 0 spiro atoms. The highest BCUT2D eigenvalue weighted by molar-refractivity contribution is 14.1. The van der Waals surface area contributed by atoms with E-state index in [1.165, 1.54) is 18.3 Å². The number of aromatic nitrogens is 2. The molecule has 1 aromatic heterocycles. The number of H-pyrrole nitrogens is 1. The molecule has 0 atom stereocenters. The fourth-order valence-electron chi connectivity index (χ4n) is 1.30. The van der Waals surface area contributed by atoms with Crippen molar-refractivity contribution in [3.8, 4) is 0 Å². The second kappa shape index (κ2) is 4.73. The van der Waals surface area contributed by atoms with Crippen LogP contribution in [0.25, 0.3) is 0 Å². The second-order valence-electron chi connectivity index (χ2n) is 3.31. The van der Waals surface area contributed by atoms with Crippen LogP contribution in [0.15, 0.2) is 35.3 Å². The van der Waals surface area contributed by atoms with Crippen LogP contribution >= 0.6 is 22.6 Å². The number of nitrogens with one attached hydrogen (secondary N) is 1. The Hall–Kier alpha value is -1.24. The van der Waals surface area contributed by atoms with E-state index in [9.17, 15) is 9.18 Å². The molecule has 0 saturated carbocycles. The molecular formula is C11H8FIN2O. The molecule has 0 saturated heterocycles. The maximum Gasteiger partial charge on any atom is 0.264 e. The Balaban J connectivity index is 2.24. The topological polar surface area (TPSA) is 45.8 Å². The predicted octanol–water partition coefficient (Wildman–Crippen LogP) is 2.10. The van der Waals surface area contributed by atoms with E-state index in [1.54, 1.807) is 12.1 Å². The number of nitrogens with zero attached hydrogens (tertiary/aromatic N) is 1. The van der Waals surface area contributed by atoms with Gasteiger partial charge in [0, 0.05) is 12.6 Å². The van der Waals surface area contributed by atoms with Gasteiger partial charge in [-0.3, -0.25) is 4.79 Å². The summed E-state index contributed by atoms with van der Waals surface area (Å²) in [6.07, 6.45) is 2.02. The Morgan fingerprint density at radius 3 is 2.62 bits per heavy atom. The average Bonchev–Trinajstić information content (AvgIpc) is 2.27. The van der Waals surface area contributed by atoms with Gasteiger partial charge in [0.15, 0.2) is 0 Å². The SMILES string of the molecule is O=c1[nH]c(Cc2ccc(F)cc2)ncc1I. The molecule has 1 N–H and O–H groups in total. The number of rotatable bonds is 2. The van der Waals surface area contributed by atoms with Gasteiger partial charge in [-0.1, -0.05) is 12.1 Å². The van der Waals surface area contributed by atoms with Gasteiger partial charge in [0.2, 0.25) is 0 Å². The molecule has 0 fully saturated rings. The molecule has 1 heterocycles. The summed E-state index contributed by atoms with van der Waals surface area (Å²) in [4.78, 5) is 18.1. The average molecular weight is 330 g/mol. The fraction of sp³-hybridized carbons (Fsp3) is 0.0909. The van der Waals surface area contributed by atoms with Crippen LogP contribution in [-0.4, -0.2) is 9.97 Å². The van der Waals surface area contributed by atoms with Crippen molar-refractivity contribution < 1.29 is 4.39 Å². The van der Waals surface area contributed by atoms with Gasteiger partial charge in [0.05, 0.1) is 3.57 Å². The molecule has 3 nitrogen and oxygen atoms in total. The molecule has 5 heteroatoms. The minimum absolute atomic E-state index is 0.146.